The van der Waals surface area contributed by atoms with Gasteiger partial charge < -0.3 is 29.8 Å². The summed E-state index contributed by atoms with van der Waals surface area (Å²) in [6, 6.07) is 5.81. The molecule has 1 aromatic carbocycles. The Morgan fingerprint density at radius 2 is 1.78 bits per heavy atom. The van der Waals surface area contributed by atoms with Crippen LogP contribution in [0.3, 0.4) is 0 Å². The largest absolute Gasteiger partial charge is 0.497 e. The fourth-order valence-corrected chi connectivity index (χ4v) is 4.80. The summed E-state index contributed by atoms with van der Waals surface area (Å²) >= 11 is 0. The maximum absolute atomic E-state index is 13.2. The molecule has 2 saturated carbocycles. The average molecular weight is 508 g/mol. The molecule has 0 atom stereocenters. The molecular formula is C27H33N5O5. The lowest BCUT2D eigenvalue weighted by molar-refractivity contribution is -0.125. The first-order chi connectivity index (χ1) is 18.1. The van der Waals surface area contributed by atoms with Crippen LogP contribution >= 0.6 is 0 Å². The molecule has 10 heteroatoms. The number of hydrogen-bond acceptors (Lipinski definition) is 7. The highest BCUT2D eigenvalue weighted by Gasteiger charge is 2.26. The molecule has 2 aliphatic rings. The Morgan fingerprint density at radius 1 is 1.03 bits per heavy atom. The van der Waals surface area contributed by atoms with Gasteiger partial charge in [-0.15, -0.1) is 0 Å². The maximum atomic E-state index is 13.2. The molecule has 196 valence electrons. The topological polar surface area (TPSA) is 127 Å². The van der Waals surface area contributed by atoms with E-state index in [4.69, 9.17) is 14.2 Å². The lowest BCUT2D eigenvalue weighted by Crippen LogP contribution is -2.44. The van der Waals surface area contributed by atoms with E-state index in [2.05, 4.69) is 25.6 Å². The third-order valence-electron chi connectivity index (χ3n) is 7.02. The van der Waals surface area contributed by atoms with Crippen molar-refractivity contribution in [2.75, 3.05) is 27.4 Å². The van der Waals surface area contributed by atoms with Crippen LogP contribution in [0.1, 0.15) is 48.9 Å². The molecule has 2 aliphatic carbocycles. The molecule has 5 rings (SSSR count). The number of amides is 2. The Morgan fingerprint density at radius 3 is 2.49 bits per heavy atom. The maximum Gasteiger partial charge on any atom is 0.255 e. The monoisotopic (exact) mass is 507 g/mol. The van der Waals surface area contributed by atoms with Gasteiger partial charge in [0, 0.05) is 31.0 Å². The van der Waals surface area contributed by atoms with Crippen molar-refractivity contribution < 1.29 is 23.8 Å². The zero-order valence-electron chi connectivity index (χ0n) is 21.2. The van der Waals surface area contributed by atoms with Crippen LogP contribution in [-0.2, 0) is 9.53 Å². The lowest BCUT2D eigenvalue weighted by Gasteiger charge is -2.29. The first-order valence-electron chi connectivity index (χ1n) is 12.8. The summed E-state index contributed by atoms with van der Waals surface area (Å²) in [7, 11) is 3.13. The third-order valence-corrected chi connectivity index (χ3v) is 7.02. The molecule has 3 N–H and O–H groups in total. The van der Waals surface area contributed by atoms with Gasteiger partial charge in [-0.1, -0.05) is 0 Å². The van der Waals surface area contributed by atoms with Gasteiger partial charge in [-0.2, -0.15) is 0 Å². The molecule has 37 heavy (non-hydrogen) atoms. The van der Waals surface area contributed by atoms with Crippen molar-refractivity contribution in [3.8, 4) is 22.8 Å². The molecular weight excluding hydrogens is 474 g/mol. The van der Waals surface area contributed by atoms with Gasteiger partial charge in [0.25, 0.3) is 5.91 Å². The van der Waals surface area contributed by atoms with Gasteiger partial charge in [0.2, 0.25) is 5.91 Å². The Balaban J connectivity index is 1.31. The van der Waals surface area contributed by atoms with E-state index in [1.165, 1.54) is 26.3 Å². The van der Waals surface area contributed by atoms with Crippen LogP contribution in [0.2, 0.25) is 0 Å². The summed E-state index contributed by atoms with van der Waals surface area (Å²) in [4.78, 5) is 37.2. The van der Waals surface area contributed by atoms with Crippen LogP contribution in [0, 0.1) is 5.92 Å². The summed E-state index contributed by atoms with van der Waals surface area (Å²) in [5.74, 6) is 1.74. The highest BCUT2D eigenvalue weighted by Crippen LogP contribution is 2.37. The number of methoxy groups -OCH3 is 2. The molecule has 2 fully saturated rings. The molecule has 0 radical (unpaired) electrons. The van der Waals surface area contributed by atoms with Gasteiger partial charge >= 0.3 is 0 Å². The fraction of sp³-hybridized carbons (Fsp3) is 0.481. The normalized spacial score (nSPS) is 19.4. The predicted molar refractivity (Wildman–Crippen MR) is 138 cm³/mol. The van der Waals surface area contributed by atoms with Crippen LogP contribution in [0.5, 0.6) is 11.5 Å². The summed E-state index contributed by atoms with van der Waals surface area (Å²) in [5, 5.41) is 6.12. The van der Waals surface area contributed by atoms with Crippen molar-refractivity contribution in [1.82, 2.24) is 25.6 Å². The molecule has 0 bridgehead atoms. The number of nitrogens with one attached hydrogen (secondary N) is 3. The fourth-order valence-electron chi connectivity index (χ4n) is 4.80. The minimum Gasteiger partial charge on any atom is -0.497 e. The number of ether oxygens (including phenoxy) is 3. The van der Waals surface area contributed by atoms with E-state index < -0.39 is 0 Å². The van der Waals surface area contributed by atoms with Gasteiger partial charge in [-0.25, -0.2) is 9.97 Å². The zero-order chi connectivity index (χ0) is 25.8. The Labute approximate surface area is 215 Å². The third kappa shape index (κ3) is 5.85. The van der Waals surface area contributed by atoms with Crippen molar-refractivity contribution >= 4 is 22.8 Å². The van der Waals surface area contributed by atoms with Gasteiger partial charge in [0.15, 0.2) is 0 Å². The molecule has 0 aliphatic heterocycles. The van der Waals surface area contributed by atoms with Crippen LogP contribution in [0.4, 0.5) is 0 Å². The molecule has 10 nitrogen and oxygen atoms in total. The second-order valence-corrected chi connectivity index (χ2v) is 9.79. The van der Waals surface area contributed by atoms with E-state index >= 15 is 0 Å². The molecule has 2 aromatic heterocycles. The molecule has 3 aromatic rings. The summed E-state index contributed by atoms with van der Waals surface area (Å²) in [5.41, 5.74) is 3.13. The Kier molecular flexibility index (Phi) is 7.55. The Hall–Kier alpha value is -3.66. The van der Waals surface area contributed by atoms with Gasteiger partial charge in [-0.05, 0) is 62.6 Å². The first-order valence-corrected chi connectivity index (χ1v) is 12.8. The number of fused-ring (bicyclic) bond motifs is 1. The molecule has 0 saturated heterocycles. The number of carbonyl (C=O) groups is 2. The van der Waals surface area contributed by atoms with Crippen molar-refractivity contribution in [2.45, 2.75) is 50.6 Å². The second-order valence-electron chi connectivity index (χ2n) is 9.79. The minimum absolute atomic E-state index is 0.0372. The summed E-state index contributed by atoms with van der Waals surface area (Å²) in [6.07, 6.45) is 8.74. The standard InChI is InChI=1S/C27H33N5O5/c1-35-14-23(33)31-17-5-7-18(8-6-17)32-27(34)21-12-28-26-24(29-15-30-25(21)26)20-11-19(36-2)9-10-22(20)37-13-16-3-4-16/h9-12,15-18,28H,3-8,13-14H2,1-2H3,(H,31,33)(H,32,34). The smallest absolute Gasteiger partial charge is 0.255 e. The Bertz CT molecular complexity index is 1260. The van der Waals surface area contributed by atoms with Crippen molar-refractivity contribution in [3.05, 3.63) is 36.3 Å². The highest BCUT2D eigenvalue weighted by molar-refractivity contribution is 6.08. The number of benzene rings is 1. The number of aromatic amines is 1. The van der Waals surface area contributed by atoms with Gasteiger partial charge in [-0.3, -0.25) is 9.59 Å². The first kappa shape index (κ1) is 25.0. The molecule has 2 heterocycles. The van der Waals surface area contributed by atoms with Crippen molar-refractivity contribution in [3.63, 3.8) is 0 Å². The molecule has 2 amide bonds. The number of hydrogen-bond donors (Lipinski definition) is 3. The number of H-pyrrole nitrogens is 1. The van der Waals surface area contributed by atoms with E-state index in [0.717, 1.165) is 37.0 Å². The van der Waals surface area contributed by atoms with Crippen LogP contribution in [-0.4, -0.2) is 66.3 Å². The lowest BCUT2D eigenvalue weighted by atomic mass is 9.91. The predicted octanol–water partition coefficient (Wildman–Crippen LogP) is 3.23. The van der Waals surface area contributed by atoms with Crippen LogP contribution < -0.4 is 20.1 Å². The van der Waals surface area contributed by atoms with E-state index in [9.17, 15) is 9.59 Å². The van der Waals surface area contributed by atoms with Gasteiger partial charge in [0.05, 0.1) is 24.8 Å². The molecule has 0 spiro atoms. The van der Waals surface area contributed by atoms with E-state index in [1.807, 2.05) is 18.2 Å². The zero-order valence-corrected chi connectivity index (χ0v) is 21.2. The minimum atomic E-state index is -0.182. The number of rotatable bonds is 10. The van der Waals surface area contributed by atoms with Crippen LogP contribution in [0.25, 0.3) is 22.3 Å². The quantitative estimate of drug-likeness (QED) is 0.384. The van der Waals surface area contributed by atoms with Crippen LogP contribution in [0.15, 0.2) is 30.7 Å². The van der Waals surface area contributed by atoms with E-state index in [-0.39, 0.29) is 30.5 Å². The molecule has 0 unspecified atom stereocenters. The van der Waals surface area contributed by atoms with E-state index in [1.54, 1.807) is 13.3 Å². The van der Waals surface area contributed by atoms with Crippen molar-refractivity contribution in [1.29, 1.82) is 0 Å². The second kappa shape index (κ2) is 11.2. The number of nitrogens with zero attached hydrogens (tertiary/aromatic N) is 2. The highest BCUT2D eigenvalue weighted by atomic mass is 16.5. The summed E-state index contributed by atoms with van der Waals surface area (Å²) in [6.45, 7) is 0.731. The SMILES string of the molecule is COCC(=O)NC1CCC(NC(=O)c2c[nH]c3c(-c4cc(OC)ccc4OCC4CC4)ncnc23)CC1. The van der Waals surface area contributed by atoms with Gasteiger partial charge in [0.1, 0.15) is 35.6 Å². The summed E-state index contributed by atoms with van der Waals surface area (Å²) < 4.78 is 16.4. The number of carbonyl (C=O) groups excluding carboxylic acids is 2. The number of aromatic nitrogens is 3. The van der Waals surface area contributed by atoms with E-state index in [0.29, 0.717) is 40.6 Å². The average Bonchev–Trinajstić information content (AvgIpc) is 3.64. The van der Waals surface area contributed by atoms with Crippen molar-refractivity contribution in [2.24, 2.45) is 5.92 Å².